The molecule has 20 heavy (non-hydrogen) atoms. The summed E-state index contributed by atoms with van der Waals surface area (Å²) in [6, 6.07) is 1.26. The summed E-state index contributed by atoms with van der Waals surface area (Å²) >= 11 is 0. The number of hydrogen-bond acceptors (Lipinski definition) is 6. The van der Waals surface area contributed by atoms with Crippen LogP contribution in [0.1, 0.15) is 6.04 Å². The van der Waals surface area contributed by atoms with Gasteiger partial charge in [0.15, 0.2) is 5.82 Å². The fourth-order valence-electron chi connectivity index (χ4n) is 2.43. The first-order valence-electron chi connectivity index (χ1n) is 5.88. The van der Waals surface area contributed by atoms with E-state index < -0.39 is 18.2 Å². The monoisotopic (exact) mass is 298 g/mol. The summed E-state index contributed by atoms with van der Waals surface area (Å²) in [5, 5.41) is 29.0. The van der Waals surface area contributed by atoms with Crippen LogP contribution in [0, 0.1) is 0 Å². The molecule has 3 atom stereocenters. The number of aliphatic hydroxyl groups excluding tert-OH is 3. The summed E-state index contributed by atoms with van der Waals surface area (Å²) in [7, 11) is 0. The predicted molar refractivity (Wildman–Crippen MR) is 75.4 cm³/mol. The number of rotatable bonds is 2. The maximum Gasteiger partial charge on any atom is 0.151 e. The smallest absolute Gasteiger partial charge is 0.151 e. The molecule has 108 valence electrons. The van der Waals surface area contributed by atoms with Crippen molar-refractivity contribution in [2.45, 2.75) is 18.2 Å². The molecule has 1 aliphatic carbocycles. The summed E-state index contributed by atoms with van der Waals surface area (Å²) in [6.45, 7) is -0.287. The second-order valence-electron chi connectivity index (χ2n) is 4.54. The molecule has 0 radical (unpaired) electrons. The molecule has 0 aliphatic heterocycles. The van der Waals surface area contributed by atoms with Gasteiger partial charge in [0.1, 0.15) is 17.7 Å². The van der Waals surface area contributed by atoms with Gasteiger partial charge in [-0.05, 0) is 11.6 Å². The van der Waals surface area contributed by atoms with Crippen molar-refractivity contribution in [1.29, 1.82) is 0 Å². The lowest BCUT2D eigenvalue weighted by atomic mass is 10.1. The number of aliphatic hydroxyl groups is 3. The fraction of sp³-hybridized carbons (Fsp3) is 0.333. The van der Waals surface area contributed by atoms with Gasteiger partial charge < -0.3 is 25.6 Å². The van der Waals surface area contributed by atoms with Gasteiger partial charge in [0.25, 0.3) is 0 Å². The van der Waals surface area contributed by atoms with Gasteiger partial charge >= 0.3 is 0 Å². The quantitative estimate of drug-likeness (QED) is 0.562. The number of aromatic nitrogens is 3. The molecule has 0 amide bonds. The Morgan fingerprint density at radius 3 is 2.70 bits per heavy atom. The molecule has 0 spiro atoms. The van der Waals surface area contributed by atoms with E-state index in [-0.39, 0.29) is 19.0 Å². The van der Waals surface area contributed by atoms with Crippen molar-refractivity contribution in [2.24, 2.45) is 0 Å². The first-order chi connectivity index (χ1) is 9.13. The number of pyridine rings is 1. The number of nitrogens with zero attached hydrogens (tertiary/aromatic N) is 3. The highest BCUT2D eigenvalue weighted by Crippen LogP contribution is 2.32. The lowest BCUT2D eigenvalue weighted by molar-refractivity contribution is 0.0288. The van der Waals surface area contributed by atoms with Gasteiger partial charge in [-0.15, -0.1) is 12.4 Å². The molecule has 0 saturated carbocycles. The van der Waals surface area contributed by atoms with E-state index >= 15 is 0 Å². The van der Waals surface area contributed by atoms with E-state index in [0.717, 1.165) is 5.52 Å². The van der Waals surface area contributed by atoms with E-state index in [9.17, 15) is 10.2 Å². The summed E-state index contributed by atoms with van der Waals surface area (Å²) in [5.41, 5.74) is 7.41. The van der Waals surface area contributed by atoms with Crippen molar-refractivity contribution in [3.63, 3.8) is 0 Å². The van der Waals surface area contributed by atoms with Crippen molar-refractivity contribution in [2.75, 3.05) is 12.3 Å². The highest BCUT2D eigenvalue weighted by Gasteiger charge is 2.35. The largest absolute Gasteiger partial charge is 0.392 e. The molecule has 0 fully saturated rings. The zero-order valence-electron chi connectivity index (χ0n) is 10.4. The highest BCUT2D eigenvalue weighted by atomic mass is 35.5. The number of imidazole rings is 1. The maximum absolute atomic E-state index is 10.1. The molecule has 0 saturated heterocycles. The van der Waals surface area contributed by atoms with Crippen molar-refractivity contribution in [3.05, 3.63) is 30.2 Å². The lowest BCUT2D eigenvalue weighted by Crippen LogP contribution is -2.29. The fourth-order valence-corrected chi connectivity index (χ4v) is 2.43. The topological polar surface area (TPSA) is 117 Å². The summed E-state index contributed by atoms with van der Waals surface area (Å²) in [4.78, 5) is 8.11. The second kappa shape index (κ2) is 5.37. The predicted octanol–water partition coefficient (Wildman–Crippen LogP) is -0.370. The Hall–Kier alpha value is -1.67. The van der Waals surface area contributed by atoms with Crippen LogP contribution >= 0.6 is 12.4 Å². The zero-order valence-corrected chi connectivity index (χ0v) is 11.2. The van der Waals surface area contributed by atoms with Crippen LogP contribution in [0.4, 0.5) is 5.82 Å². The Bertz CT molecular complexity index is 657. The number of hydrogen-bond donors (Lipinski definition) is 4. The standard InChI is InChI=1S/C12H14N4O3.ClH/c13-12-9-7(1-2-14-12)16(5-15-9)8-3-6(4-17)10(18)11(8)19;/h1-3,5,8,10-11,17-19H,4H2,(H2,13,14);1H/t8-,10-,11+;/m1./s1. The Morgan fingerprint density at radius 1 is 1.30 bits per heavy atom. The third-order valence-electron chi connectivity index (χ3n) is 3.46. The second-order valence-corrected chi connectivity index (χ2v) is 4.54. The van der Waals surface area contributed by atoms with Crippen LogP contribution in [0.25, 0.3) is 11.0 Å². The van der Waals surface area contributed by atoms with Gasteiger partial charge in [-0.25, -0.2) is 9.97 Å². The van der Waals surface area contributed by atoms with Crippen molar-refractivity contribution >= 4 is 29.3 Å². The molecule has 2 aromatic heterocycles. The third-order valence-corrected chi connectivity index (χ3v) is 3.46. The van der Waals surface area contributed by atoms with Crippen molar-refractivity contribution in [1.82, 2.24) is 14.5 Å². The van der Waals surface area contributed by atoms with Crippen LogP contribution in [0.3, 0.4) is 0 Å². The minimum Gasteiger partial charge on any atom is -0.392 e. The zero-order chi connectivity index (χ0) is 13.6. The summed E-state index contributed by atoms with van der Waals surface area (Å²) < 4.78 is 1.71. The minimum atomic E-state index is -1.06. The molecule has 0 unspecified atom stereocenters. The first-order valence-corrected chi connectivity index (χ1v) is 5.88. The number of nitrogens with two attached hydrogens (primary N) is 1. The van der Waals surface area contributed by atoms with E-state index in [4.69, 9.17) is 10.8 Å². The molecule has 3 rings (SSSR count). The van der Waals surface area contributed by atoms with Crippen LogP contribution in [0.15, 0.2) is 30.2 Å². The molecular weight excluding hydrogens is 284 g/mol. The highest BCUT2D eigenvalue weighted by molar-refractivity contribution is 5.85. The molecular formula is C12H15ClN4O3. The molecule has 2 aromatic rings. The third kappa shape index (κ3) is 2.04. The minimum absolute atomic E-state index is 0. The average molecular weight is 299 g/mol. The van der Waals surface area contributed by atoms with Crippen LogP contribution < -0.4 is 5.73 Å². The van der Waals surface area contributed by atoms with Crippen LogP contribution in [-0.4, -0.2) is 48.7 Å². The summed E-state index contributed by atoms with van der Waals surface area (Å²) in [6.07, 6.45) is 2.66. The van der Waals surface area contributed by atoms with E-state index in [1.54, 1.807) is 29.2 Å². The Labute approximate surface area is 120 Å². The number of nitrogen functional groups attached to an aromatic ring is 1. The molecule has 8 heteroatoms. The van der Waals surface area contributed by atoms with Crippen molar-refractivity contribution < 1.29 is 15.3 Å². The SMILES string of the molecule is Cl.Nc1nccc2c1ncn2[C@@H]1C=C(CO)[C@@H](O)[C@H]1O. The van der Waals surface area contributed by atoms with E-state index in [2.05, 4.69) is 9.97 Å². The number of halogens is 1. The van der Waals surface area contributed by atoms with Gasteiger partial charge in [-0.2, -0.15) is 0 Å². The molecule has 2 heterocycles. The van der Waals surface area contributed by atoms with E-state index in [0.29, 0.717) is 16.9 Å². The molecule has 5 N–H and O–H groups in total. The Kier molecular flexibility index (Phi) is 3.96. The van der Waals surface area contributed by atoms with Crippen molar-refractivity contribution in [3.8, 4) is 0 Å². The molecule has 7 nitrogen and oxygen atoms in total. The van der Waals surface area contributed by atoms with Crippen LogP contribution in [0.2, 0.25) is 0 Å². The average Bonchev–Trinajstić information content (AvgIpc) is 2.94. The number of anilines is 1. The number of fused-ring (bicyclic) bond motifs is 1. The molecule has 0 bridgehead atoms. The Balaban J connectivity index is 0.00000147. The molecule has 0 aromatic carbocycles. The summed E-state index contributed by atoms with van der Waals surface area (Å²) in [5.74, 6) is 0.315. The lowest BCUT2D eigenvalue weighted by Gasteiger charge is -2.19. The van der Waals surface area contributed by atoms with Crippen LogP contribution in [0.5, 0.6) is 0 Å². The van der Waals surface area contributed by atoms with Gasteiger partial charge in [-0.1, -0.05) is 6.08 Å². The maximum atomic E-state index is 10.1. The van der Waals surface area contributed by atoms with Crippen LogP contribution in [-0.2, 0) is 0 Å². The van der Waals surface area contributed by atoms with Gasteiger partial charge in [-0.3, -0.25) is 0 Å². The van der Waals surface area contributed by atoms with Gasteiger partial charge in [0, 0.05) is 6.20 Å². The van der Waals surface area contributed by atoms with Gasteiger partial charge in [0.05, 0.1) is 24.5 Å². The molecule has 1 aliphatic rings. The normalized spacial score (nSPS) is 25.6. The first kappa shape index (κ1) is 14.7. The van der Waals surface area contributed by atoms with E-state index in [1.807, 2.05) is 0 Å². The van der Waals surface area contributed by atoms with E-state index in [1.165, 1.54) is 0 Å². The Morgan fingerprint density at radius 2 is 2.05 bits per heavy atom. The van der Waals surface area contributed by atoms with Gasteiger partial charge in [0.2, 0.25) is 0 Å².